The molecule has 0 radical (unpaired) electrons. The molecule has 0 aliphatic carbocycles. The Morgan fingerprint density at radius 2 is 2.00 bits per heavy atom. The zero-order valence-corrected chi connectivity index (χ0v) is 15.7. The molecule has 6 nitrogen and oxygen atoms in total. The highest BCUT2D eigenvalue weighted by atomic mass is 15.1. The summed E-state index contributed by atoms with van der Waals surface area (Å²) in [5, 5.41) is 3.43. The average Bonchev–Trinajstić information content (AvgIpc) is 3.12. The van der Waals surface area contributed by atoms with Gasteiger partial charge in [-0.25, -0.2) is 9.97 Å². The molecule has 0 amide bonds. The molecule has 0 fully saturated rings. The molecule has 0 aliphatic heterocycles. The summed E-state index contributed by atoms with van der Waals surface area (Å²) in [5.41, 5.74) is 6.98. The van der Waals surface area contributed by atoms with E-state index in [9.17, 15) is 0 Å². The molecule has 27 heavy (non-hydrogen) atoms. The van der Waals surface area contributed by atoms with Crippen molar-refractivity contribution < 1.29 is 0 Å². The first kappa shape index (κ1) is 17.2. The van der Waals surface area contributed by atoms with Crippen LogP contribution >= 0.6 is 0 Å². The van der Waals surface area contributed by atoms with Gasteiger partial charge in [-0.3, -0.25) is 4.98 Å². The largest absolute Gasteiger partial charge is 0.358 e. The number of nitrogens with one attached hydrogen (secondary N) is 2. The van der Waals surface area contributed by atoms with E-state index in [4.69, 9.17) is 4.98 Å². The molecule has 0 aliphatic rings. The fourth-order valence-corrected chi connectivity index (χ4v) is 3.12. The molecule has 0 bridgehead atoms. The minimum Gasteiger partial charge on any atom is -0.358 e. The number of nitrogens with zero attached hydrogens (tertiary/aromatic N) is 4. The van der Waals surface area contributed by atoms with Crippen molar-refractivity contribution in [1.82, 2.24) is 24.8 Å². The van der Waals surface area contributed by atoms with Crippen LogP contribution in [0.5, 0.6) is 0 Å². The van der Waals surface area contributed by atoms with Gasteiger partial charge in [0.15, 0.2) is 0 Å². The van der Waals surface area contributed by atoms with Crippen molar-refractivity contribution in [2.24, 2.45) is 0 Å². The predicted octanol–water partition coefficient (Wildman–Crippen LogP) is 4.13. The molecule has 2 N–H and O–H groups in total. The van der Waals surface area contributed by atoms with Crippen molar-refractivity contribution in [2.75, 3.05) is 19.4 Å². The lowest BCUT2D eigenvalue weighted by molar-refractivity contribution is 0.403. The quantitative estimate of drug-likeness (QED) is 0.561. The first-order valence-electron chi connectivity index (χ1n) is 8.87. The molecule has 3 heterocycles. The summed E-state index contributed by atoms with van der Waals surface area (Å²) in [6, 6.07) is 12.3. The third-order valence-corrected chi connectivity index (χ3v) is 4.34. The van der Waals surface area contributed by atoms with E-state index in [0.717, 1.165) is 34.5 Å². The van der Waals surface area contributed by atoms with E-state index >= 15 is 0 Å². The van der Waals surface area contributed by atoms with Crippen LogP contribution in [0.3, 0.4) is 0 Å². The number of aromatic nitrogens is 4. The maximum atomic E-state index is 4.78. The molecular weight excluding hydrogens is 336 g/mol. The van der Waals surface area contributed by atoms with Crippen LogP contribution in [0, 0.1) is 6.92 Å². The first-order valence-corrected chi connectivity index (χ1v) is 8.87. The SMILES string of the molecule is Cc1ccc(CN(C)C)c(Nc2nc(-c3cccnc3)c3[nH]ccc3n2)c1. The zero-order chi connectivity index (χ0) is 18.8. The summed E-state index contributed by atoms with van der Waals surface area (Å²) >= 11 is 0. The molecular formula is C21H22N6. The fourth-order valence-electron chi connectivity index (χ4n) is 3.12. The van der Waals surface area contributed by atoms with Gasteiger partial charge in [0.2, 0.25) is 5.95 Å². The van der Waals surface area contributed by atoms with Gasteiger partial charge in [0.25, 0.3) is 0 Å². The smallest absolute Gasteiger partial charge is 0.228 e. The molecule has 1 aromatic carbocycles. The minimum atomic E-state index is 0.576. The Bertz CT molecular complexity index is 1070. The van der Waals surface area contributed by atoms with Crippen LogP contribution < -0.4 is 5.32 Å². The number of hydrogen-bond donors (Lipinski definition) is 2. The Morgan fingerprint density at radius 3 is 2.78 bits per heavy atom. The van der Waals surface area contributed by atoms with Crippen LogP contribution in [0.2, 0.25) is 0 Å². The summed E-state index contributed by atoms with van der Waals surface area (Å²) in [6.45, 7) is 2.92. The van der Waals surface area contributed by atoms with E-state index < -0.39 is 0 Å². The van der Waals surface area contributed by atoms with Gasteiger partial charge in [0.05, 0.1) is 11.0 Å². The summed E-state index contributed by atoms with van der Waals surface area (Å²) < 4.78 is 0. The van der Waals surface area contributed by atoms with Crippen LogP contribution in [-0.2, 0) is 6.54 Å². The summed E-state index contributed by atoms with van der Waals surface area (Å²) in [6.07, 6.45) is 5.46. The van der Waals surface area contributed by atoms with Crippen LogP contribution in [0.4, 0.5) is 11.6 Å². The highest BCUT2D eigenvalue weighted by Gasteiger charge is 2.13. The van der Waals surface area contributed by atoms with E-state index in [-0.39, 0.29) is 0 Å². The van der Waals surface area contributed by atoms with Gasteiger partial charge in [0.1, 0.15) is 5.69 Å². The number of anilines is 2. The maximum Gasteiger partial charge on any atom is 0.228 e. The second kappa shape index (κ2) is 7.17. The Morgan fingerprint density at radius 1 is 1.11 bits per heavy atom. The topological polar surface area (TPSA) is 69.7 Å². The minimum absolute atomic E-state index is 0.576. The monoisotopic (exact) mass is 358 g/mol. The number of benzene rings is 1. The zero-order valence-electron chi connectivity index (χ0n) is 15.7. The average molecular weight is 358 g/mol. The Labute approximate surface area is 158 Å². The standard InChI is InChI=1S/C21H22N6/c1-14-6-7-16(13-27(2)3)18(11-14)25-21-24-17-8-10-23-20(17)19(26-21)15-5-4-9-22-12-15/h4-12,23H,13H2,1-3H3,(H,24,25,26). The molecule has 0 spiro atoms. The molecule has 4 rings (SSSR count). The third kappa shape index (κ3) is 3.66. The normalized spacial score (nSPS) is 11.3. The number of pyridine rings is 1. The lowest BCUT2D eigenvalue weighted by Crippen LogP contribution is -2.12. The first-order chi connectivity index (χ1) is 13.1. The molecule has 0 atom stereocenters. The molecule has 0 saturated heterocycles. The number of H-pyrrole nitrogens is 1. The second-order valence-electron chi connectivity index (χ2n) is 6.90. The van der Waals surface area contributed by atoms with Gasteiger partial charge in [-0.05, 0) is 56.4 Å². The molecule has 0 unspecified atom stereocenters. The lowest BCUT2D eigenvalue weighted by atomic mass is 10.1. The number of rotatable bonds is 5. The Balaban J connectivity index is 1.79. The predicted molar refractivity (Wildman–Crippen MR) is 109 cm³/mol. The van der Waals surface area contributed by atoms with Gasteiger partial charge >= 0.3 is 0 Å². The molecule has 136 valence electrons. The van der Waals surface area contributed by atoms with Crippen LogP contribution in [0.1, 0.15) is 11.1 Å². The molecule has 0 saturated carbocycles. The third-order valence-electron chi connectivity index (χ3n) is 4.34. The summed E-state index contributed by atoms with van der Waals surface area (Å²) in [4.78, 5) is 19.1. The van der Waals surface area contributed by atoms with Crippen molar-refractivity contribution in [3.05, 3.63) is 66.1 Å². The van der Waals surface area contributed by atoms with Crippen LogP contribution in [0.15, 0.2) is 55.0 Å². The second-order valence-corrected chi connectivity index (χ2v) is 6.90. The van der Waals surface area contributed by atoms with Crippen molar-refractivity contribution in [3.63, 3.8) is 0 Å². The van der Waals surface area contributed by atoms with Gasteiger partial charge in [0, 0.05) is 36.4 Å². The van der Waals surface area contributed by atoms with E-state index in [1.165, 1.54) is 11.1 Å². The molecule has 4 aromatic rings. The van der Waals surface area contributed by atoms with Crippen LogP contribution in [-0.4, -0.2) is 38.9 Å². The van der Waals surface area contributed by atoms with E-state index in [1.807, 2.05) is 30.6 Å². The van der Waals surface area contributed by atoms with Gasteiger partial charge in [-0.15, -0.1) is 0 Å². The maximum absolute atomic E-state index is 4.78. The summed E-state index contributed by atoms with van der Waals surface area (Å²) in [7, 11) is 4.12. The van der Waals surface area contributed by atoms with Crippen LogP contribution in [0.25, 0.3) is 22.3 Å². The number of aryl methyl sites for hydroxylation is 1. The lowest BCUT2D eigenvalue weighted by Gasteiger charge is -2.16. The molecule has 3 aromatic heterocycles. The number of aromatic amines is 1. The van der Waals surface area contributed by atoms with Crippen molar-refractivity contribution in [3.8, 4) is 11.3 Å². The number of fused-ring (bicyclic) bond motifs is 1. The highest BCUT2D eigenvalue weighted by molar-refractivity contribution is 5.90. The van der Waals surface area contributed by atoms with Crippen molar-refractivity contribution in [2.45, 2.75) is 13.5 Å². The van der Waals surface area contributed by atoms with E-state index in [1.54, 1.807) is 6.20 Å². The van der Waals surface area contributed by atoms with Crippen molar-refractivity contribution in [1.29, 1.82) is 0 Å². The molecule has 6 heteroatoms. The highest BCUT2D eigenvalue weighted by Crippen LogP contribution is 2.28. The van der Waals surface area contributed by atoms with Gasteiger partial charge < -0.3 is 15.2 Å². The van der Waals surface area contributed by atoms with E-state index in [0.29, 0.717) is 5.95 Å². The fraction of sp³-hybridized carbons (Fsp3) is 0.190. The summed E-state index contributed by atoms with van der Waals surface area (Å²) in [5.74, 6) is 0.576. The van der Waals surface area contributed by atoms with E-state index in [2.05, 4.69) is 64.4 Å². The number of hydrogen-bond acceptors (Lipinski definition) is 5. The Hall–Kier alpha value is -3.25. The van der Waals surface area contributed by atoms with Crippen molar-refractivity contribution >= 4 is 22.7 Å². The Kier molecular flexibility index (Phi) is 4.56. The van der Waals surface area contributed by atoms with Gasteiger partial charge in [-0.2, -0.15) is 0 Å². The van der Waals surface area contributed by atoms with Gasteiger partial charge in [-0.1, -0.05) is 12.1 Å².